The molecule has 1 fully saturated rings. The number of pyridine rings is 1. The molecule has 170 valence electrons. The van der Waals surface area contributed by atoms with E-state index < -0.39 is 5.60 Å². The molecule has 1 saturated heterocycles. The van der Waals surface area contributed by atoms with Gasteiger partial charge in [0.25, 0.3) is 0 Å². The number of likely N-dealkylation sites (tertiary alicyclic amines) is 1. The zero-order valence-corrected chi connectivity index (χ0v) is 20.9. The van der Waals surface area contributed by atoms with Crippen molar-refractivity contribution in [3.8, 4) is 0 Å². The van der Waals surface area contributed by atoms with Gasteiger partial charge < -0.3 is 25.6 Å². The number of carbonyl (C=O) groups is 1. The van der Waals surface area contributed by atoms with Crippen molar-refractivity contribution in [3.05, 3.63) is 24.4 Å². The summed E-state index contributed by atoms with van der Waals surface area (Å²) in [6, 6.07) is 5.93. The molecule has 3 N–H and O–H groups in total. The minimum Gasteiger partial charge on any atom is -0.444 e. The Morgan fingerprint density at radius 2 is 2.13 bits per heavy atom. The van der Waals surface area contributed by atoms with Crippen molar-refractivity contribution in [2.45, 2.75) is 58.6 Å². The van der Waals surface area contributed by atoms with Crippen LogP contribution < -0.4 is 16.0 Å². The van der Waals surface area contributed by atoms with Crippen molar-refractivity contribution in [2.75, 3.05) is 38.0 Å². The maximum Gasteiger partial charge on any atom is 0.407 e. The van der Waals surface area contributed by atoms with Crippen molar-refractivity contribution in [1.82, 2.24) is 20.5 Å². The van der Waals surface area contributed by atoms with Gasteiger partial charge in [0.2, 0.25) is 0 Å². The number of carbonyl (C=O) groups excluding carboxylic acids is 1. The average molecular weight is 532 g/mol. The number of nitrogens with zero attached hydrogens (tertiary/aromatic N) is 3. The van der Waals surface area contributed by atoms with Crippen LogP contribution >= 0.6 is 24.0 Å². The lowest BCUT2D eigenvalue weighted by Crippen LogP contribution is -2.44. The quantitative estimate of drug-likeness (QED) is 0.206. The zero-order valence-electron chi connectivity index (χ0n) is 18.6. The summed E-state index contributed by atoms with van der Waals surface area (Å²) in [6.07, 6.45) is 4.35. The van der Waals surface area contributed by atoms with E-state index >= 15 is 0 Å². The van der Waals surface area contributed by atoms with Gasteiger partial charge in [0.1, 0.15) is 11.4 Å². The standard InChI is InChI=1S/C21H36N6O2.HI/c1-5-22-19(25-14-9-8-13-24-18-10-6-7-12-23-18)27-15-11-17(16-27)26-20(28)29-21(2,3)4;/h6-7,10,12,17H,5,8-9,11,13-16H2,1-4H3,(H,22,25)(H,23,24)(H,26,28);1H. The smallest absolute Gasteiger partial charge is 0.407 e. The van der Waals surface area contributed by atoms with Crippen molar-refractivity contribution >= 4 is 41.8 Å². The summed E-state index contributed by atoms with van der Waals surface area (Å²) in [5, 5.41) is 9.64. The molecule has 1 atom stereocenters. The van der Waals surface area contributed by atoms with E-state index in [2.05, 4.69) is 32.8 Å². The second-order valence-corrected chi connectivity index (χ2v) is 8.16. The van der Waals surface area contributed by atoms with Gasteiger partial charge in [0, 0.05) is 38.9 Å². The van der Waals surface area contributed by atoms with Crippen LogP contribution in [0.15, 0.2) is 29.4 Å². The Bertz CT molecular complexity index is 651. The van der Waals surface area contributed by atoms with E-state index in [1.807, 2.05) is 39.0 Å². The first-order valence-corrected chi connectivity index (χ1v) is 10.5. The molecule has 1 unspecified atom stereocenters. The maximum atomic E-state index is 12.0. The van der Waals surface area contributed by atoms with Crippen molar-refractivity contribution in [3.63, 3.8) is 0 Å². The molecule has 0 spiro atoms. The lowest BCUT2D eigenvalue weighted by atomic mass is 10.2. The van der Waals surface area contributed by atoms with Crippen LogP contribution in [-0.4, -0.2) is 66.3 Å². The molecule has 1 aliphatic heterocycles. The molecule has 1 aromatic heterocycles. The second-order valence-electron chi connectivity index (χ2n) is 8.16. The summed E-state index contributed by atoms with van der Waals surface area (Å²) in [6.45, 7) is 11.8. The summed E-state index contributed by atoms with van der Waals surface area (Å²) in [5.74, 6) is 1.82. The number of anilines is 1. The third kappa shape index (κ3) is 10.3. The molecule has 1 aliphatic rings. The molecule has 1 amide bonds. The minimum atomic E-state index is -0.482. The van der Waals surface area contributed by atoms with Crippen LogP contribution in [0.4, 0.5) is 10.6 Å². The molecule has 0 aliphatic carbocycles. The van der Waals surface area contributed by atoms with Crippen LogP contribution in [0.25, 0.3) is 0 Å². The first kappa shape index (κ1) is 26.3. The number of rotatable bonds is 8. The fourth-order valence-corrected chi connectivity index (χ4v) is 3.08. The second kappa shape index (κ2) is 13.5. The number of guanidine groups is 1. The van der Waals surface area contributed by atoms with Crippen LogP contribution in [0.1, 0.15) is 47.0 Å². The third-order valence-corrected chi connectivity index (χ3v) is 4.36. The van der Waals surface area contributed by atoms with Crippen molar-refractivity contribution in [2.24, 2.45) is 4.99 Å². The summed E-state index contributed by atoms with van der Waals surface area (Å²) in [7, 11) is 0. The first-order valence-electron chi connectivity index (χ1n) is 10.5. The number of halogens is 1. The number of ether oxygens (including phenoxy) is 1. The van der Waals surface area contributed by atoms with Gasteiger partial charge in [-0.2, -0.15) is 0 Å². The SMILES string of the molecule is CCNC(=NCCCCNc1ccccn1)N1CCC(NC(=O)OC(C)(C)C)C1.I. The van der Waals surface area contributed by atoms with Gasteiger partial charge in [0.05, 0.1) is 6.04 Å². The fourth-order valence-electron chi connectivity index (χ4n) is 3.08. The van der Waals surface area contributed by atoms with Crippen LogP contribution in [0.5, 0.6) is 0 Å². The Morgan fingerprint density at radius 1 is 1.33 bits per heavy atom. The molecular formula is C21H37IN6O2. The van der Waals surface area contributed by atoms with Gasteiger partial charge in [-0.3, -0.25) is 4.99 Å². The highest BCUT2D eigenvalue weighted by Gasteiger charge is 2.27. The highest BCUT2D eigenvalue weighted by Crippen LogP contribution is 2.12. The molecule has 0 bridgehead atoms. The maximum absolute atomic E-state index is 12.0. The van der Waals surface area contributed by atoms with Crippen LogP contribution in [0, 0.1) is 0 Å². The van der Waals surface area contributed by atoms with E-state index in [1.54, 1.807) is 6.20 Å². The molecular weight excluding hydrogens is 495 g/mol. The van der Waals surface area contributed by atoms with Gasteiger partial charge in [-0.25, -0.2) is 9.78 Å². The number of amides is 1. The van der Waals surface area contributed by atoms with Crippen molar-refractivity contribution in [1.29, 1.82) is 0 Å². The fraction of sp³-hybridized carbons (Fsp3) is 0.667. The van der Waals surface area contributed by atoms with Gasteiger partial charge in [-0.15, -0.1) is 24.0 Å². The monoisotopic (exact) mass is 532 g/mol. The Hall–Kier alpha value is -1.78. The number of nitrogens with one attached hydrogen (secondary N) is 3. The largest absolute Gasteiger partial charge is 0.444 e. The molecule has 1 aromatic rings. The van der Waals surface area contributed by atoms with Crippen LogP contribution in [0.3, 0.4) is 0 Å². The van der Waals surface area contributed by atoms with Gasteiger partial charge in [0.15, 0.2) is 5.96 Å². The molecule has 9 heteroatoms. The lowest BCUT2D eigenvalue weighted by Gasteiger charge is -2.23. The Labute approximate surface area is 197 Å². The van der Waals surface area contributed by atoms with Crippen LogP contribution in [0.2, 0.25) is 0 Å². The van der Waals surface area contributed by atoms with E-state index in [-0.39, 0.29) is 36.1 Å². The number of hydrogen-bond acceptors (Lipinski definition) is 5. The van der Waals surface area contributed by atoms with Crippen molar-refractivity contribution < 1.29 is 9.53 Å². The van der Waals surface area contributed by atoms with Crippen LogP contribution in [-0.2, 0) is 4.74 Å². The molecule has 0 aromatic carbocycles. The topological polar surface area (TPSA) is 90.9 Å². The first-order chi connectivity index (χ1) is 13.9. The third-order valence-electron chi connectivity index (χ3n) is 4.36. The number of aromatic nitrogens is 1. The Morgan fingerprint density at radius 3 is 2.80 bits per heavy atom. The molecule has 0 radical (unpaired) electrons. The highest BCUT2D eigenvalue weighted by molar-refractivity contribution is 14.0. The lowest BCUT2D eigenvalue weighted by molar-refractivity contribution is 0.0507. The zero-order chi connectivity index (χ0) is 21.1. The predicted octanol–water partition coefficient (Wildman–Crippen LogP) is 3.46. The summed E-state index contributed by atoms with van der Waals surface area (Å²) in [4.78, 5) is 23.2. The Kier molecular flexibility index (Phi) is 11.8. The van der Waals surface area contributed by atoms with Gasteiger partial charge >= 0.3 is 6.09 Å². The number of alkyl carbamates (subject to hydrolysis) is 1. The summed E-state index contributed by atoms with van der Waals surface area (Å²) in [5.41, 5.74) is -0.482. The minimum absolute atomic E-state index is 0. The predicted molar refractivity (Wildman–Crippen MR) is 133 cm³/mol. The van der Waals surface area contributed by atoms with Gasteiger partial charge in [-0.05, 0) is 59.1 Å². The van der Waals surface area contributed by atoms with E-state index in [0.29, 0.717) is 0 Å². The molecule has 0 saturated carbocycles. The molecule has 8 nitrogen and oxygen atoms in total. The number of aliphatic imine (C=N–C) groups is 1. The summed E-state index contributed by atoms with van der Waals surface area (Å²) >= 11 is 0. The Balaban J connectivity index is 0.00000450. The van der Waals surface area contributed by atoms with E-state index in [1.165, 1.54) is 0 Å². The van der Waals surface area contributed by atoms with E-state index in [0.717, 1.165) is 63.8 Å². The average Bonchev–Trinajstić information content (AvgIpc) is 3.11. The van der Waals surface area contributed by atoms with E-state index in [9.17, 15) is 4.79 Å². The highest BCUT2D eigenvalue weighted by atomic mass is 127. The normalized spacial score (nSPS) is 16.6. The van der Waals surface area contributed by atoms with Gasteiger partial charge in [-0.1, -0.05) is 6.07 Å². The number of hydrogen-bond donors (Lipinski definition) is 3. The molecule has 2 heterocycles. The number of unbranched alkanes of at least 4 members (excludes halogenated alkanes) is 1. The summed E-state index contributed by atoms with van der Waals surface area (Å²) < 4.78 is 5.35. The molecule has 2 rings (SSSR count). The van der Waals surface area contributed by atoms with E-state index in [4.69, 9.17) is 9.73 Å². The molecule has 30 heavy (non-hydrogen) atoms.